The van der Waals surface area contributed by atoms with Crippen LogP contribution in [0.2, 0.25) is 0 Å². The highest BCUT2D eigenvalue weighted by Gasteiger charge is 2.24. The summed E-state index contributed by atoms with van der Waals surface area (Å²) in [6.45, 7) is 0. The summed E-state index contributed by atoms with van der Waals surface area (Å²) >= 11 is 1.17. The molecule has 180 valence electrons. The molecule has 0 unspecified atom stereocenters. The van der Waals surface area contributed by atoms with E-state index in [1.165, 1.54) is 28.2 Å². The van der Waals surface area contributed by atoms with Crippen LogP contribution < -0.4 is 15.7 Å². The molecule has 37 heavy (non-hydrogen) atoms. The summed E-state index contributed by atoms with van der Waals surface area (Å²) in [6, 6.07) is 27.2. The second kappa shape index (κ2) is 9.29. The molecule has 0 aliphatic carbocycles. The fourth-order valence-corrected chi connectivity index (χ4v) is 5.12. The van der Waals surface area contributed by atoms with Gasteiger partial charge in [0.1, 0.15) is 15.5 Å². The van der Waals surface area contributed by atoms with E-state index in [4.69, 9.17) is 15.2 Å². The summed E-state index contributed by atoms with van der Waals surface area (Å²) in [7, 11) is 0. The quantitative estimate of drug-likeness (QED) is 0.284. The Balaban J connectivity index is 1.43. The van der Waals surface area contributed by atoms with E-state index in [1.54, 1.807) is 18.3 Å². The Morgan fingerprint density at radius 2 is 1.68 bits per heavy atom. The van der Waals surface area contributed by atoms with Gasteiger partial charge in [-0.25, -0.2) is 9.37 Å². The number of fused-ring (bicyclic) bond motifs is 1. The molecular weight excluding hydrogens is 489 g/mol. The first-order valence-electron chi connectivity index (χ1n) is 11.4. The summed E-state index contributed by atoms with van der Waals surface area (Å²) < 4.78 is 21.0. The Hall–Kier alpha value is -4.89. The van der Waals surface area contributed by atoms with Gasteiger partial charge < -0.3 is 5.73 Å². The van der Waals surface area contributed by atoms with E-state index < -0.39 is 5.91 Å². The third kappa shape index (κ3) is 4.32. The molecule has 0 fully saturated rings. The molecule has 0 spiro atoms. The van der Waals surface area contributed by atoms with Crippen LogP contribution in [0.5, 0.6) is 0 Å². The molecule has 9 heteroatoms. The maximum atomic E-state index is 14.2. The maximum absolute atomic E-state index is 14.2. The van der Waals surface area contributed by atoms with Crippen LogP contribution in [0.3, 0.4) is 0 Å². The maximum Gasteiger partial charge on any atom is 0.303 e. The first kappa shape index (κ1) is 22.6. The Morgan fingerprint density at radius 1 is 0.946 bits per heavy atom. The summed E-state index contributed by atoms with van der Waals surface area (Å²) in [5, 5.41) is 7.27. The predicted molar refractivity (Wildman–Crippen MR) is 141 cm³/mol. The number of halogens is 1. The summed E-state index contributed by atoms with van der Waals surface area (Å²) in [6.07, 6.45) is 1.57. The Bertz CT molecular complexity index is 1750. The van der Waals surface area contributed by atoms with Gasteiger partial charge in [0.05, 0.1) is 11.4 Å². The minimum Gasteiger partial charge on any atom is -0.397 e. The third-order valence-corrected chi connectivity index (χ3v) is 6.93. The molecule has 0 radical (unpaired) electrons. The second-order valence-electron chi connectivity index (χ2n) is 8.26. The molecule has 3 N–H and O–H groups in total. The van der Waals surface area contributed by atoms with Crippen molar-refractivity contribution in [2.75, 3.05) is 11.1 Å². The summed E-state index contributed by atoms with van der Waals surface area (Å²) in [5.74, 6) is -0.662. The van der Waals surface area contributed by atoms with Crippen molar-refractivity contribution in [3.05, 3.63) is 108 Å². The monoisotopic (exact) mass is 508 g/mol. The molecule has 6 rings (SSSR count). The molecule has 7 nitrogen and oxygen atoms in total. The predicted octanol–water partition coefficient (Wildman–Crippen LogP) is 5.87. The Labute approximate surface area is 214 Å². The number of anilines is 2. The van der Waals surface area contributed by atoms with Gasteiger partial charge in [-0.2, -0.15) is 0 Å². The number of aromatic nitrogens is 3. The van der Waals surface area contributed by atoms with Crippen molar-refractivity contribution in [1.82, 2.24) is 10.3 Å². The fourth-order valence-electron chi connectivity index (χ4n) is 4.10. The van der Waals surface area contributed by atoms with Crippen LogP contribution in [0.15, 0.2) is 102 Å². The van der Waals surface area contributed by atoms with Crippen molar-refractivity contribution >= 4 is 39.0 Å². The van der Waals surface area contributed by atoms with Gasteiger partial charge in [-0.3, -0.25) is 14.6 Å². The van der Waals surface area contributed by atoms with E-state index in [2.05, 4.69) is 10.6 Å². The van der Waals surface area contributed by atoms with Gasteiger partial charge in [0.25, 0.3) is 12.1 Å². The highest BCUT2D eigenvalue weighted by atomic mass is 32.1. The van der Waals surface area contributed by atoms with Crippen LogP contribution >= 0.6 is 11.3 Å². The van der Waals surface area contributed by atoms with E-state index in [0.717, 1.165) is 11.3 Å². The third-order valence-electron chi connectivity index (χ3n) is 5.83. The molecule has 0 aliphatic rings. The zero-order chi connectivity index (χ0) is 25.4. The van der Waals surface area contributed by atoms with Crippen LogP contribution in [0, 0.1) is 5.82 Å². The fraction of sp³-hybridized carbons (Fsp3) is 0. The van der Waals surface area contributed by atoms with Gasteiger partial charge in [-0.05, 0) is 34.0 Å². The zero-order valence-corrected chi connectivity index (χ0v) is 20.1. The number of carbonyl (C=O) groups is 1. The number of hydrogen-bond donors (Lipinski definition) is 2. The van der Waals surface area contributed by atoms with E-state index >= 15 is 0 Å². The molecule has 1 amide bonds. The molecular formula is C28H19FN5O2S+. The van der Waals surface area contributed by atoms with Crippen LogP contribution in [0.1, 0.15) is 9.67 Å². The Kier molecular flexibility index (Phi) is 5.66. The number of rotatable bonds is 5. The van der Waals surface area contributed by atoms with Crippen LogP contribution in [0.4, 0.5) is 16.0 Å². The number of benzene rings is 3. The average molecular weight is 509 g/mol. The minimum atomic E-state index is -0.455. The second-order valence-corrected chi connectivity index (χ2v) is 9.26. The lowest BCUT2D eigenvalue weighted by atomic mass is 9.99. The normalized spacial score (nSPS) is 11.1. The number of carbonyl (C=O) groups excluding carboxylic acids is 1. The smallest absolute Gasteiger partial charge is 0.303 e. The number of hydrogen-bond acceptors (Lipinski definition) is 6. The lowest BCUT2D eigenvalue weighted by Gasteiger charge is -2.09. The van der Waals surface area contributed by atoms with Gasteiger partial charge in [0.2, 0.25) is 11.0 Å². The van der Waals surface area contributed by atoms with Crippen molar-refractivity contribution < 1.29 is 18.4 Å². The molecule has 0 atom stereocenters. The van der Waals surface area contributed by atoms with Crippen molar-refractivity contribution in [2.24, 2.45) is 0 Å². The standard InChI is InChI=1S/C28H18FN5O2S/c29-19-11-7-10-18(14-19)21-15-22(17-8-3-1-4-9-17)31-28-24(21)25(30)26(37-28)27(35)32-23-16-34(33-36-23)20-12-5-2-6-13-20/h1-16H,(H2-,30,32,33,35)/p+1. The molecule has 3 aromatic carbocycles. The van der Waals surface area contributed by atoms with Crippen LogP contribution in [-0.4, -0.2) is 16.2 Å². The molecule has 0 bridgehead atoms. The van der Waals surface area contributed by atoms with Crippen molar-refractivity contribution in [2.45, 2.75) is 0 Å². The number of thiophene rings is 1. The van der Waals surface area contributed by atoms with Crippen molar-refractivity contribution in [3.63, 3.8) is 0 Å². The topological polar surface area (TPSA) is 97.9 Å². The minimum absolute atomic E-state index is 0.161. The van der Waals surface area contributed by atoms with Gasteiger partial charge in [-0.1, -0.05) is 60.7 Å². The van der Waals surface area contributed by atoms with Gasteiger partial charge >= 0.3 is 5.88 Å². The Morgan fingerprint density at radius 3 is 2.43 bits per heavy atom. The van der Waals surface area contributed by atoms with Crippen LogP contribution in [-0.2, 0) is 0 Å². The van der Waals surface area contributed by atoms with E-state index in [1.807, 2.05) is 66.7 Å². The van der Waals surface area contributed by atoms with Crippen molar-refractivity contribution in [3.8, 4) is 28.1 Å². The SMILES string of the molecule is Nc1c(C(=O)Nc2c[n+](-c3ccccc3)no2)sc2nc(-c3ccccc3)cc(-c3cccc(F)c3)c12. The summed E-state index contributed by atoms with van der Waals surface area (Å²) in [5.41, 5.74) is 10.5. The highest BCUT2D eigenvalue weighted by molar-refractivity contribution is 7.21. The first-order chi connectivity index (χ1) is 18.1. The van der Waals surface area contributed by atoms with Gasteiger partial charge in [0.15, 0.2) is 0 Å². The van der Waals surface area contributed by atoms with Gasteiger partial charge in [-0.15, -0.1) is 11.3 Å². The van der Waals surface area contributed by atoms with Gasteiger partial charge in [0, 0.05) is 23.1 Å². The number of amides is 1. The zero-order valence-electron chi connectivity index (χ0n) is 19.3. The van der Waals surface area contributed by atoms with Crippen molar-refractivity contribution in [1.29, 1.82) is 0 Å². The molecule has 3 heterocycles. The molecule has 0 saturated heterocycles. The molecule has 0 aliphatic heterocycles. The number of nitrogen functional groups attached to an aromatic ring is 1. The molecule has 3 aromatic heterocycles. The molecule has 6 aromatic rings. The number of nitrogens with two attached hydrogens (primary N) is 1. The lowest BCUT2D eigenvalue weighted by Crippen LogP contribution is -2.31. The van der Waals surface area contributed by atoms with E-state index in [0.29, 0.717) is 27.0 Å². The average Bonchev–Trinajstić information content (AvgIpc) is 3.53. The number of para-hydroxylation sites is 1. The van der Waals surface area contributed by atoms with E-state index in [9.17, 15) is 9.18 Å². The first-order valence-corrected chi connectivity index (χ1v) is 12.2. The number of pyridine rings is 1. The number of nitrogens with zero attached hydrogens (tertiary/aromatic N) is 3. The number of nitrogens with one attached hydrogen (secondary N) is 1. The molecule has 0 saturated carbocycles. The van der Waals surface area contributed by atoms with E-state index in [-0.39, 0.29) is 22.3 Å². The highest BCUT2D eigenvalue weighted by Crippen LogP contribution is 2.41. The lowest BCUT2D eigenvalue weighted by molar-refractivity contribution is -0.670. The van der Waals surface area contributed by atoms with Crippen LogP contribution in [0.25, 0.3) is 38.3 Å². The largest absolute Gasteiger partial charge is 0.397 e. The summed E-state index contributed by atoms with van der Waals surface area (Å²) in [4.78, 5) is 18.9.